The van der Waals surface area contributed by atoms with Gasteiger partial charge in [-0.2, -0.15) is 13.2 Å². The summed E-state index contributed by atoms with van der Waals surface area (Å²) in [6, 6.07) is 11.3. The minimum absolute atomic E-state index is 0.548. The van der Waals surface area contributed by atoms with Crippen LogP contribution >= 0.6 is 43.6 Å². The van der Waals surface area contributed by atoms with Crippen molar-refractivity contribution in [3.05, 3.63) is 58.1 Å². The standard InChI is InChI=1S/C14H9Br2F3S/c15-8-9-1-4-11(5-2-9)20-13-7-10(14(17,18)19)3-6-12(13)16/h1-7H,8H2. The molecule has 0 amide bonds. The lowest BCUT2D eigenvalue weighted by atomic mass is 10.2. The molecule has 0 nitrogen and oxygen atoms in total. The zero-order chi connectivity index (χ0) is 14.8. The van der Waals surface area contributed by atoms with Crippen LogP contribution in [0.15, 0.2) is 56.7 Å². The number of hydrogen-bond acceptors (Lipinski definition) is 1. The van der Waals surface area contributed by atoms with Crippen molar-refractivity contribution in [1.29, 1.82) is 0 Å². The molecule has 2 aromatic carbocycles. The number of benzene rings is 2. The highest BCUT2D eigenvalue weighted by Gasteiger charge is 2.30. The van der Waals surface area contributed by atoms with Crippen molar-refractivity contribution >= 4 is 43.6 Å². The first-order chi connectivity index (χ1) is 9.40. The van der Waals surface area contributed by atoms with Crippen molar-refractivity contribution < 1.29 is 13.2 Å². The van der Waals surface area contributed by atoms with Gasteiger partial charge in [-0.1, -0.05) is 39.8 Å². The Labute approximate surface area is 136 Å². The monoisotopic (exact) mass is 424 g/mol. The van der Waals surface area contributed by atoms with E-state index in [0.717, 1.165) is 27.9 Å². The smallest absolute Gasteiger partial charge is 0.166 e. The third-order valence-electron chi connectivity index (χ3n) is 2.56. The third-order valence-corrected chi connectivity index (χ3v) is 5.23. The van der Waals surface area contributed by atoms with E-state index in [1.54, 1.807) is 0 Å². The van der Waals surface area contributed by atoms with Crippen LogP contribution in [0.2, 0.25) is 0 Å². The minimum Gasteiger partial charge on any atom is -0.166 e. The van der Waals surface area contributed by atoms with E-state index in [9.17, 15) is 13.2 Å². The maximum Gasteiger partial charge on any atom is 0.416 e. The molecule has 0 saturated heterocycles. The van der Waals surface area contributed by atoms with Crippen molar-refractivity contribution in [1.82, 2.24) is 0 Å². The first-order valence-corrected chi connectivity index (χ1v) is 8.33. The van der Waals surface area contributed by atoms with Gasteiger partial charge in [0, 0.05) is 19.6 Å². The molecule has 2 aromatic rings. The summed E-state index contributed by atoms with van der Waals surface area (Å²) in [5.74, 6) is 0. The fourth-order valence-electron chi connectivity index (χ4n) is 1.53. The first kappa shape index (κ1) is 15.9. The Morgan fingerprint density at radius 3 is 2.20 bits per heavy atom. The van der Waals surface area contributed by atoms with Crippen molar-refractivity contribution in [2.45, 2.75) is 21.3 Å². The summed E-state index contributed by atoms with van der Waals surface area (Å²) in [6.45, 7) is 0. The molecular formula is C14H9Br2F3S. The van der Waals surface area contributed by atoms with E-state index in [-0.39, 0.29) is 0 Å². The van der Waals surface area contributed by atoms with Gasteiger partial charge in [-0.15, -0.1) is 0 Å². The summed E-state index contributed by atoms with van der Waals surface area (Å²) < 4.78 is 38.8. The maximum absolute atomic E-state index is 12.7. The van der Waals surface area contributed by atoms with E-state index < -0.39 is 11.7 Å². The molecule has 0 aliphatic carbocycles. The Morgan fingerprint density at radius 2 is 1.65 bits per heavy atom. The summed E-state index contributed by atoms with van der Waals surface area (Å²) in [5.41, 5.74) is 0.484. The van der Waals surface area contributed by atoms with Gasteiger partial charge in [0.25, 0.3) is 0 Å². The molecule has 6 heteroatoms. The van der Waals surface area contributed by atoms with Crippen LogP contribution in [-0.4, -0.2) is 0 Å². The van der Waals surface area contributed by atoms with Crippen molar-refractivity contribution in [2.75, 3.05) is 0 Å². The van der Waals surface area contributed by atoms with Gasteiger partial charge in [0.05, 0.1) is 5.56 Å². The molecule has 0 atom stereocenters. The predicted octanol–water partition coefficient (Wildman–Crippen LogP) is 6.51. The van der Waals surface area contributed by atoms with Crippen LogP contribution in [0.1, 0.15) is 11.1 Å². The second-order valence-electron chi connectivity index (χ2n) is 4.02. The van der Waals surface area contributed by atoms with Crippen molar-refractivity contribution in [3.8, 4) is 0 Å². The molecule has 0 bridgehead atoms. The molecule has 106 valence electrons. The van der Waals surface area contributed by atoms with Crippen LogP contribution in [0.4, 0.5) is 13.2 Å². The van der Waals surface area contributed by atoms with Crippen molar-refractivity contribution in [3.63, 3.8) is 0 Å². The third kappa shape index (κ3) is 4.02. The van der Waals surface area contributed by atoms with E-state index in [0.29, 0.717) is 9.37 Å². The molecule has 0 N–H and O–H groups in total. The topological polar surface area (TPSA) is 0 Å². The number of hydrogen-bond donors (Lipinski definition) is 0. The lowest BCUT2D eigenvalue weighted by molar-refractivity contribution is -0.137. The molecule has 0 aliphatic rings. The molecule has 0 aromatic heterocycles. The lowest BCUT2D eigenvalue weighted by Gasteiger charge is -2.10. The van der Waals surface area contributed by atoms with Gasteiger partial charge in [-0.3, -0.25) is 0 Å². The number of rotatable bonds is 3. The first-order valence-electron chi connectivity index (χ1n) is 5.59. The minimum atomic E-state index is -4.32. The van der Waals surface area contributed by atoms with Gasteiger partial charge in [-0.25, -0.2) is 0 Å². The molecule has 2 rings (SSSR count). The van der Waals surface area contributed by atoms with Crippen LogP contribution in [0.25, 0.3) is 0 Å². The maximum atomic E-state index is 12.7. The summed E-state index contributed by atoms with van der Waals surface area (Å²) >= 11 is 7.94. The highest BCUT2D eigenvalue weighted by Crippen LogP contribution is 2.38. The number of halogens is 5. The molecule has 0 heterocycles. The summed E-state index contributed by atoms with van der Waals surface area (Å²) in [7, 11) is 0. The molecule has 20 heavy (non-hydrogen) atoms. The van der Waals surface area contributed by atoms with Crippen LogP contribution < -0.4 is 0 Å². The van der Waals surface area contributed by atoms with Crippen LogP contribution in [0.5, 0.6) is 0 Å². The molecular weight excluding hydrogens is 417 g/mol. The quantitative estimate of drug-likeness (QED) is 0.504. The van der Waals surface area contributed by atoms with E-state index in [2.05, 4.69) is 31.9 Å². The molecule has 0 unspecified atom stereocenters. The van der Waals surface area contributed by atoms with E-state index in [4.69, 9.17) is 0 Å². The molecule has 0 radical (unpaired) electrons. The van der Waals surface area contributed by atoms with Gasteiger partial charge >= 0.3 is 6.18 Å². The predicted molar refractivity (Wildman–Crippen MR) is 82.3 cm³/mol. The van der Waals surface area contributed by atoms with Gasteiger partial charge in [0.2, 0.25) is 0 Å². The summed E-state index contributed by atoms with van der Waals surface area (Å²) in [6.07, 6.45) is -4.32. The Bertz CT molecular complexity index is 594. The molecule has 0 fully saturated rings. The van der Waals surface area contributed by atoms with Crippen LogP contribution in [0.3, 0.4) is 0 Å². The van der Waals surface area contributed by atoms with Crippen LogP contribution in [-0.2, 0) is 11.5 Å². The lowest BCUT2D eigenvalue weighted by Crippen LogP contribution is -2.04. The zero-order valence-corrected chi connectivity index (χ0v) is 14.0. The SMILES string of the molecule is FC(F)(F)c1ccc(Br)c(Sc2ccc(CBr)cc2)c1. The van der Waals surface area contributed by atoms with Gasteiger partial charge < -0.3 is 0 Å². The van der Waals surface area contributed by atoms with Crippen molar-refractivity contribution in [2.24, 2.45) is 0 Å². The fraction of sp³-hybridized carbons (Fsp3) is 0.143. The Hall–Kier alpha value is -0.460. The van der Waals surface area contributed by atoms with E-state index >= 15 is 0 Å². The van der Waals surface area contributed by atoms with Gasteiger partial charge in [0.15, 0.2) is 0 Å². The highest BCUT2D eigenvalue weighted by molar-refractivity contribution is 9.10. The largest absolute Gasteiger partial charge is 0.416 e. The average Bonchev–Trinajstić information content (AvgIpc) is 2.41. The summed E-state index contributed by atoms with van der Waals surface area (Å²) in [4.78, 5) is 1.45. The van der Waals surface area contributed by atoms with Crippen LogP contribution in [0, 0.1) is 0 Å². The Balaban J connectivity index is 2.27. The zero-order valence-electron chi connectivity index (χ0n) is 10.0. The number of alkyl halides is 4. The van der Waals surface area contributed by atoms with E-state index in [1.165, 1.54) is 17.8 Å². The van der Waals surface area contributed by atoms with E-state index in [1.807, 2.05) is 24.3 Å². The second-order valence-corrected chi connectivity index (χ2v) is 6.55. The second kappa shape index (κ2) is 6.54. The fourth-order valence-corrected chi connectivity index (χ4v) is 3.27. The molecule has 0 saturated carbocycles. The Morgan fingerprint density at radius 1 is 1.00 bits per heavy atom. The molecule has 0 aliphatic heterocycles. The average molecular weight is 426 g/mol. The van der Waals surface area contributed by atoms with Gasteiger partial charge in [-0.05, 0) is 51.8 Å². The van der Waals surface area contributed by atoms with Gasteiger partial charge in [0.1, 0.15) is 0 Å². The normalized spacial score (nSPS) is 11.7. The highest BCUT2D eigenvalue weighted by atomic mass is 79.9. The molecule has 0 spiro atoms. The Kier molecular flexibility index (Phi) is 5.20. The summed E-state index contributed by atoms with van der Waals surface area (Å²) in [5, 5.41) is 0.755.